The van der Waals surface area contributed by atoms with Crippen molar-refractivity contribution in [2.24, 2.45) is 5.92 Å². The fourth-order valence-electron chi connectivity index (χ4n) is 2.72. The molecule has 0 saturated carbocycles. The predicted octanol–water partition coefficient (Wildman–Crippen LogP) is 2.56. The first-order chi connectivity index (χ1) is 9.56. The Kier molecular flexibility index (Phi) is 5.12. The highest BCUT2D eigenvalue weighted by Gasteiger charge is 2.30. The van der Waals surface area contributed by atoms with Gasteiger partial charge in [0, 0.05) is 13.1 Å². The largest absolute Gasteiger partial charge is 0.351 e. The molecule has 1 heterocycles. The summed E-state index contributed by atoms with van der Waals surface area (Å²) in [6.45, 7) is 6.78. The van der Waals surface area contributed by atoms with E-state index in [2.05, 4.69) is 24.1 Å². The maximum absolute atomic E-state index is 12.8. The predicted molar refractivity (Wildman–Crippen MR) is 77.7 cm³/mol. The van der Waals surface area contributed by atoms with Gasteiger partial charge in [0.15, 0.2) is 0 Å². The zero-order valence-electron chi connectivity index (χ0n) is 12.2. The first-order valence-corrected chi connectivity index (χ1v) is 7.32. The molecule has 0 bridgehead atoms. The van der Waals surface area contributed by atoms with Crippen LogP contribution in [0.2, 0.25) is 0 Å². The zero-order chi connectivity index (χ0) is 14.5. The number of benzene rings is 1. The van der Waals surface area contributed by atoms with Gasteiger partial charge in [-0.2, -0.15) is 0 Å². The second-order valence-corrected chi connectivity index (χ2v) is 5.89. The average Bonchev–Trinajstić information content (AvgIpc) is 2.85. The van der Waals surface area contributed by atoms with Crippen LogP contribution < -0.4 is 5.32 Å². The van der Waals surface area contributed by atoms with E-state index in [9.17, 15) is 9.18 Å². The second kappa shape index (κ2) is 6.84. The highest BCUT2D eigenvalue weighted by molar-refractivity contribution is 5.82. The summed E-state index contributed by atoms with van der Waals surface area (Å²) in [5.74, 6) is 0.409. The fraction of sp³-hybridized carbons (Fsp3) is 0.562. The minimum atomic E-state index is -0.251. The van der Waals surface area contributed by atoms with Crippen molar-refractivity contribution in [2.75, 3.05) is 13.1 Å². The summed E-state index contributed by atoms with van der Waals surface area (Å²) in [6.07, 6.45) is 2.02. The molecule has 1 amide bonds. The molecule has 4 heteroatoms. The Hall–Kier alpha value is -1.42. The van der Waals surface area contributed by atoms with E-state index in [1.807, 2.05) is 0 Å². The van der Waals surface area contributed by atoms with Crippen molar-refractivity contribution in [2.45, 2.75) is 39.3 Å². The lowest BCUT2D eigenvalue weighted by atomic mass is 10.1. The number of nitrogens with one attached hydrogen (secondary N) is 1. The fourth-order valence-corrected chi connectivity index (χ4v) is 2.72. The van der Waals surface area contributed by atoms with E-state index in [1.54, 1.807) is 12.1 Å². The number of rotatable bonds is 5. The van der Waals surface area contributed by atoms with E-state index in [0.717, 1.165) is 31.5 Å². The third-order valence-electron chi connectivity index (χ3n) is 3.65. The van der Waals surface area contributed by atoms with Gasteiger partial charge in [0.25, 0.3) is 0 Å². The smallest absolute Gasteiger partial charge is 0.237 e. The van der Waals surface area contributed by atoms with Crippen molar-refractivity contribution in [3.05, 3.63) is 35.6 Å². The van der Waals surface area contributed by atoms with Gasteiger partial charge in [-0.05, 0) is 43.0 Å². The quantitative estimate of drug-likeness (QED) is 0.898. The summed E-state index contributed by atoms with van der Waals surface area (Å²) in [5.41, 5.74) is 0.924. The molecule has 0 aliphatic carbocycles. The van der Waals surface area contributed by atoms with Gasteiger partial charge in [0.2, 0.25) is 5.91 Å². The Labute approximate surface area is 120 Å². The molecule has 2 rings (SSSR count). The normalized spacial score (nSPS) is 19.5. The molecule has 1 aliphatic heterocycles. The van der Waals surface area contributed by atoms with E-state index in [4.69, 9.17) is 0 Å². The summed E-state index contributed by atoms with van der Waals surface area (Å²) in [5, 5.41) is 2.96. The number of likely N-dealkylation sites (tertiary alicyclic amines) is 1. The van der Waals surface area contributed by atoms with Crippen LogP contribution in [0.5, 0.6) is 0 Å². The highest BCUT2D eigenvalue weighted by Crippen LogP contribution is 2.18. The minimum Gasteiger partial charge on any atom is -0.351 e. The molecule has 1 aliphatic rings. The Balaban J connectivity index is 1.86. The van der Waals surface area contributed by atoms with Crippen LogP contribution in [0, 0.1) is 11.7 Å². The summed E-state index contributed by atoms with van der Waals surface area (Å²) in [7, 11) is 0. The Bertz CT molecular complexity index is 444. The molecule has 0 spiro atoms. The Morgan fingerprint density at radius 3 is 2.75 bits per heavy atom. The minimum absolute atomic E-state index is 0.00199. The van der Waals surface area contributed by atoms with Crippen molar-refractivity contribution in [1.29, 1.82) is 0 Å². The van der Waals surface area contributed by atoms with E-state index in [1.165, 1.54) is 12.1 Å². The molecule has 1 aromatic carbocycles. The monoisotopic (exact) mass is 278 g/mol. The van der Waals surface area contributed by atoms with Gasteiger partial charge in [0.1, 0.15) is 5.82 Å². The van der Waals surface area contributed by atoms with Crippen LogP contribution in [0.4, 0.5) is 4.39 Å². The molecule has 3 nitrogen and oxygen atoms in total. The summed E-state index contributed by atoms with van der Waals surface area (Å²) >= 11 is 0. The number of hydrogen-bond acceptors (Lipinski definition) is 2. The lowest BCUT2D eigenvalue weighted by Gasteiger charge is -2.25. The third-order valence-corrected chi connectivity index (χ3v) is 3.65. The lowest BCUT2D eigenvalue weighted by Crippen LogP contribution is -2.44. The third kappa shape index (κ3) is 4.04. The van der Waals surface area contributed by atoms with Crippen LogP contribution in [0.1, 0.15) is 32.3 Å². The number of carbonyl (C=O) groups is 1. The number of amides is 1. The number of carbonyl (C=O) groups excluding carboxylic acids is 1. The molecule has 1 saturated heterocycles. The standard InChI is InChI=1S/C16H23FN2O/c1-12(2)11-19-9-3-4-15(19)16(20)18-10-13-5-7-14(17)8-6-13/h5-8,12,15H,3-4,9-11H2,1-2H3,(H,18,20)/t15-/m1/s1. The maximum atomic E-state index is 12.8. The lowest BCUT2D eigenvalue weighted by molar-refractivity contribution is -0.125. The van der Waals surface area contributed by atoms with Crippen LogP contribution in [0.15, 0.2) is 24.3 Å². The molecule has 0 radical (unpaired) electrons. The van der Waals surface area contributed by atoms with Crippen molar-refractivity contribution >= 4 is 5.91 Å². The molecule has 0 aromatic heterocycles. The molecule has 20 heavy (non-hydrogen) atoms. The Morgan fingerprint density at radius 1 is 1.40 bits per heavy atom. The van der Waals surface area contributed by atoms with Gasteiger partial charge in [-0.15, -0.1) is 0 Å². The van der Waals surface area contributed by atoms with Gasteiger partial charge in [-0.25, -0.2) is 4.39 Å². The van der Waals surface area contributed by atoms with Crippen LogP contribution in [-0.2, 0) is 11.3 Å². The van der Waals surface area contributed by atoms with Crippen LogP contribution in [-0.4, -0.2) is 29.9 Å². The van der Waals surface area contributed by atoms with E-state index in [-0.39, 0.29) is 17.8 Å². The van der Waals surface area contributed by atoms with E-state index >= 15 is 0 Å². The summed E-state index contributed by atoms with van der Waals surface area (Å²) in [6, 6.07) is 6.24. The van der Waals surface area contributed by atoms with Gasteiger partial charge in [-0.1, -0.05) is 26.0 Å². The topological polar surface area (TPSA) is 32.3 Å². The number of halogens is 1. The second-order valence-electron chi connectivity index (χ2n) is 5.89. The van der Waals surface area contributed by atoms with Crippen molar-refractivity contribution in [3.63, 3.8) is 0 Å². The Morgan fingerprint density at radius 2 is 2.10 bits per heavy atom. The van der Waals surface area contributed by atoms with Crippen molar-refractivity contribution in [3.8, 4) is 0 Å². The zero-order valence-corrected chi connectivity index (χ0v) is 12.2. The molecule has 1 atom stereocenters. The van der Waals surface area contributed by atoms with Gasteiger partial charge >= 0.3 is 0 Å². The van der Waals surface area contributed by atoms with E-state index in [0.29, 0.717) is 12.5 Å². The molecule has 110 valence electrons. The molecule has 0 unspecified atom stereocenters. The molecule has 1 aromatic rings. The van der Waals surface area contributed by atoms with E-state index < -0.39 is 0 Å². The number of nitrogens with zero attached hydrogens (tertiary/aromatic N) is 1. The molecule has 1 fully saturated rings. The average molecular weight is 278 g/mol. The van der Waals surface area contributed by atoms with Crippen LogP contribution >= 0.6 is 0 Å². The van der Waals surface area contributed by atoms with Gasteiger partial charge in [0.05, 0.1) is 6.04 Å². The SMILES string of the molecule is CC(C)CN1CCC[C@@H]1C(=O)NCc1ccc(F)cc1. The highest BCUT2D eigenvalue weighted by atomic mass is 19.1. The summed E-state index contributed by atoms with van der Waals surface area (Å²) in [4.78, 5) is 14.5. The summed E-state index contributed by atoms with van der Waals surface area (Å²) < 4.78 is 12.8. The first-order valence-electron chi connectivity index (χ1n) is 7.32. The van der Waals surface area contributed by atoms with Gasteiger partial charge in [-0.3, -0.25) is 9.69 Å². The van der Waals surface area contributed by atoms with Crippen LogP contribution in [0.25, 0.3) is 0 Å². The number of hydrogen-bond donors (Lipinski definition) is 1. The molecule has 1 N–H and O–H groups in total. The van der Waals surface area contributed by atoms with Gasteiger partial charge < -0.3 is 5.32 Å². The molecular formula is C16H23FN2O. The maximum Gasteiger partial charge on any atom is 0.237 e. The molecular weight excluding hydrogens is 255 g/mol. The van der Waals surface area contributed by atoms with Crippen molar-refractivity contribution in [1.82, 2.24) is 10.2 Å². The van der Waals surface area contributed by atoms with Crippen LogP contribution in [0.3, 0.4) is 0 Å². The first kappa shape index (κ1) is 15.0. The van der Waals surface area contributed by atoms with Crippen molar-refractivity contribution < 1.29 is 9.18 Å².